The normalized spacial score (nSPS) is 11.3. The van der Waals surface area contributed by atoms with Crippen LogP contribution in [0.4, 0.5) is 11.6 Å². The molecule has 3 aromatic rings. The maximum Gasteiger partial charge on any atom is 0.229 e. The summed E-state index contributed by atoms with van der Waals surface area (Å²) in [5, 5.41) is 12.4. The number of nitrogens with one attached hydrogen (secondary N) is 3. The molecule has 2 aromatic heterocycles. The SMILES string of the molecule is Cc1ccc(NC(=S)NC(=NCCc2cccs2)Nc2nc(C)cc(C)n2)c(Cl)c1. The zero-order chi connectivity index (χ0) is 21.5. The summed E-state index contributed by atoms with van der Waals surface area (Å²) in [5.74, 6) is 0.934. The second kappa shape index (κ2) is 10.5. The smallest absolute Gasteiger partial charge is 0.229 e. The zero-order valence-corrected chi connectivity index (χ0v) is 19.4. The standard InChI is InChI=1S/C21H23ClN6S2/c1-13-6-7-18(17(22)11-13)26-21(29)28-19(23-9-8-16-5-4-10-30-16)27-20-24-14(2)12-15(3)25-20/h4-7,10-12H,8-9H2,1-3H3,(H3,23,24,25,26,27,28,29). The Morgan fingerprint density at radius 2 is 1.87 bits per heavy atom. The van der Waals surface area contributed by atoms with E-state index in [1.54, 1.807) is 11.3 Å². The highest BCUT2D eigenvalue weighted by Gasteiger charge is 2.09. The lowest BCUT2D eigenvalue weighted by molar-refractivity contribution is 0.973. The summed E-state index contributed by atoms with van der Waals surface area (Å²) in [6.45, 7) is 6.42. The van der Waals surface area contributed by atoms with E-state index in [1.807, 2.05) is 51.1 Å². The Morgan fingerprint density at radius 1 is 1.10 bits per heavy atom. The first-order chi connectivity index (χ1) is 14.4. The van der Waals surface area contributed by atoms with Crippen LogP contribution >= 0.6 is 35.2 Å². The summed E-state index contributed by atoms with van der Waals surface area (Å²) < 4.78 is 0. The highest BCUT2D eigenvalue weighted by atomic mass is 35.5. The van der Waals surface area contributed by atoms with Gasteiger partial charge < -0.3 is 10.6 Å². The first kappa shape index (κ1) is 22.1. The van der Waals surface area contributed by atoms with E-state index in [0.29, 0.717) is 28.6 Å². The number of benzene rings is 1. The van der Waals surface area contributed by atoms with Gasteiger partial charge in [0.1, 0.15) is 0 Å². The third-order valence-corrected chi connectivity index (χ3v) is 5.48. The molecule has 3 rings (SSSR count). The number of guanidine groups is 1. The molecule has 0 aliphatic carbocycles. The van der Waals surface area contributed by atoms with Gasteiger partial charge in [0.05, 0.1) is 10.7 Å². The number of aliphatic imine (C=N–C) groups is 1. The van der Waals surface area contributed by atoms with Gasteiger partial charge in [-0.15, -0.1) is 11.3 Å². The van der Waals surface area contributed by atoms with Crippen LogP contribution in [0, 0.1) is 20.8 Å². The van der Waals surface area contributed by atoms with Crippen molar-refractivity contribution in [3.63, 3.8) is 0 Å². The topological polar surface area (TPSA) is 74.2 Å². The van der Waals surface area contributed by atoms with Gasteiger partial charge in [0.2, 0.25) is 11.9 Å². The molecule has 156 valence electrons. The number of hydrogen-bond acceptors (Lipinski definition) is 5. The molecule has 9 heteroatoms. The van der Waals surface area contributed by atoms with Crippen LogP contribution < -0.4 is 16.0 Å². The predicted octanol–water partition coefficient (Wildman–Crippen LogP) is 5.11. The molecule has 1 aromatic carbocycles. The van der Waals surface area contributed by atoms with E-state index in [2.05, 4.69) is 42.4 Å². The number of thiophene rings is 1. The van der Waals surface area contributed by atoms with Gasteiger partial charge in [0.25, 0.3) is 0 Å². The fourth-order valence-corrected chi connectivity index (χ4v) is 3.90. The molecular formula is C21H23ClN6S2. The maximum absolute atomic E-state index is 6.30. The molecule has 0 bridgehead atoms. The molecule has 0 radical (unpaired) electrons. The maximum atomic E-state index is 6.30. The fraction of sp³-hybridized carbons (Fsp3) is 0.238. The summed E-state index contributed by atoms with van der Waals surface area (Å²) in [6, 6.07) is 11.8. The minimum Gasteiger partial charge on any atom is -0.331 e. The number of rotatable bonds is 5. The summed E-state index contributed by atoms with van der Waals surface area (Å²) >= 11 is 13.5. The van der Waals surface area contributed by atoms with Crippen molar-refractivity contribution in [2.75, 3.05) is 17.2 Å². The van der Waals surface area contributed by atoms with Gasteiger partial charge in [-0.3, -0.25) is 10.3 Å². The number of thiocarbonyl (C=S) groups is 1. The minimum atomic E-state index is 0.368. The van der Waals surface area contributed by atoms with Crippen LogP contribution in [0.2, 0.25) is 5.02 Å². The summed E-state index contributed by atoms with van der Waals surface area (Å²) in [6.07, 6.45) is 0.836. The molecule has 30 heavy (non-hydrogen) atoms. The Bertz CT molecular complexity index is 1030. The highest BCUT2D eigenvalue weighted by molar-refractivity contribution is 7.80. The number of nitrogens with zero attached hydrogens (tertiary/aromatic N) is 3. The van der Waals surface area contributed by atoms with Crippen LogP contribution in [0.5, 0.6) is 0 Å². The van der Waals surface area contributed by atoms with Crippen LogP contribution in [0.15, 0.2) is 46.8 Å². The van der Waals surface area contributed by atoms with Crippen LogP contribution in [-0.4, -0.2) is 27.6 Å². The predicted molar refractivity (Wildman–Crippen MR) is 131 cm³/mol. The van der Waals surface area contributed by atoms with Crippen molar-refractivity contribution in [3.8, 4) is 0 Å². The molecule has 3 N–H and O–H groups in total. The van der Waals surface area contributed by atoms with E-state index in [1.165, 1.54) is 4.88 Å². The van der Waals surface area contributed by atoms with Crippen molar-refractivity contribution >= 4 is 57.9 Å². The van der Waals surface area contributed by atoms with Crippen molar-refractivity contribution in [1.29, 1.82) is 0 Å². The van der Waals surface area contributed by atoms with Crippen molar-refractivity contribution in [3.05, 3.63) is 68.6 Å². The number of anilines is 2. The Balaban J connectivity index is 1.72. The van der Waals surface area contributed by atoms with Gasteiger partial charge in [0.15, 0.2) is 5.11 Å². The van der Waals surface area contributed by atoms with Gasteiger partial charge in [0, 0.05) is 29.2 Å². The lowest BCUT2D eigenvalue weighted by atomic mass is 10.2. The van der Waals surface area contributed by atoms with E-state index in [4.69, 9.17) is 23.8 Å². The minimum absolute atomic E-state index is 0.368. The van der Waals surface area contributed by atoms with Gasteiger partial charge in [-0.1, -0.05) is 23.7 Å². The van der Waals surface area contributed by atoms with Gasteiger partial charge in [-0.25, -0.2) is 9.97 Å². The fourth-order valence-electron chi connectivity index (χ4n) is 2.71. The summed E-state index contributed by atoms with van der Waals surface area (Å²) in [7, 11) is 0. The van der Waals surface area contributed by atoms with Gasteiger partial charge in [-0.05, 0) is 68.2 Å². The van der Waals surface area contributed by atoms with Crippen LogP contribution in [0.25, 0.3) is 0 Å². The van der Waals surface area contributed by atoms with E-state index >= 15 is 0 Å². The first-order valence-electron chi connectivity index (χ1n) is 9.39. The van der Waals surface area contributed by atoms with Crippen LogP contribution in [0.3, 0.4) is 0 Å². The molecule has 0 saturated carbocycles. The van der Waals surface area contributed by atoms with E-state index in [0.717, 1.165) is 29.1 Å². The Labute approximate surface area is 190 Å². The second-order valence-electron chi connectivity index (χ2n) is 6.72. The molecule has 6 nitrogen and oxygen atoms in total. The van der Waals surface area contributed by atoms with Crippen LogP contribution in [-0.2, 0) is 6.42 Å². The number of aromatic nitrogens is 2. The highest BCUT2D eigenvalue weighted by Crippen LogP contribution is 2.22. The Morgan fingerprint density at radius 3 is 2.53 bits per heavy atom. The van der Waals surface area contributed by atoms with Crippen molar-refractivity contribution < 1.29 is 0 Å². The Kier molecular flexibility index (Phi) is 7.73. The Hall–Kier alpha value is -2.55. The van der Waals surface area contributed by atoms with Gasteiger partial charge in [-0.2, -0.15) is 0 Å². The molecule has 2 heterocycles. The monoisotopic (exact) mass is 458 g/mol. The number of halogens is 1. The quantitative estimate of drug-likeness (QED) is 0.280. The molecule has 0 unspecified atom stereocenters. The average Bonchev–Trinajstić information content (AvgIpc) is 3.16. The first-order valence-corrected chi connectivity index (χ1v) is 11.1. The zero-order valence-electron chi connectivity index (χ0n) is 17.0. The third-order valence-electron chi connectivity index (χ3n) is 4.03. The van der Waals surface area contributed by atoms with Crippen molar-refractivity contribution in [2.45, 2.75) is 27.2 Å². The summed E-state index contributed by atoms with van der Waals surface area (Å²) in [4.78, 5) is 14.7. The molecule has 0 saturated heterocycles. The second-order valence-corrected chi connectivity index (χ2v) is 8.57. The lowest BCUT2D eigenvalue weighted by Crippen LogP contribution is -2.39. The molecule has 0 fully saturated rings. The third kappa shape index (κ3) is 6.76. The molecular weight excluding hydrogens is 436 g/mol. The molecule has 0 spiro atoms. The largest absolute Gasteiger partial charge is 0.331 e. The number of aryl methyl sites for hydroxylation is 3. The van der Waals surface area contributed by atoms with Crippen molar-refractivity contribution in [1.82, 2.24) is 15.3 Å². The average molecular weight is 459 g/mol. The molecule has 0 aliphatic rings. The van der Waals surface area contributed by atoms with E-state index < -0.39 is 0 Å². The molecule has 0 aliphatic heterocycles. The van der Waals surface area contributed by atoms with E-state index in [-0.39, 0.29) is 0 Å². The number of hydrogen-bond donors (Lipinski definition) is 3. The van der Waals surface area contributed by atoms with E-state index in [9.17, 15) is 0 Å². The van der Waals surface area contributed by atoms with Crippen LogP contribution in [0.1, 0.15) is 21.8 Å². The summed E-state index contributed by atoms with van der Waals surface area (Å²) in [5.41, 5.74) is 3.54. The van der Waals surface area contributed by atoms with Crippen molar-refractivity contribution in [2.24, 2.45) is 4.99 Å². The van der Waals surface area contributed by atoms with Gasteiger partial charge >= 0.3 is 0 Å². The molecule has 0 atom stereocenters. The lowest BCUT2D eigenvalue weighted by Gasteiger charge is -2.15. The molecule has 0 amide bonds.